The molecule has 0 atom stereocenters. The molecule has 0 fully saturated rings. The summed E-state index contributed by atoms with van der Waals surface area (Å²) in [5.74, 6) is 1.89. The van der Waals surface area contributed by atoms with Crippen LogP contribution in [0.15, 0.2) is 47.6 Å². The number of alkyl halides is 3. The fourth-order valence-electron chi connectivity index (χ4n) is 2.67. The highest BCUT2D eigenvalue weighted by Crippen LogP contribution is 2.23. The summed E-state index contributed by atoms with van der Waals surface area (Å²) in [6.07, 6.45) is -1.43. The normalized spacial score (nSPS) is 12.0. The van der Waals surface area contributed by atoms with Crippen molar-refractivity contribution in [2.24, 2.45) is 0 Å². The standard InChI is InChI=1S/C18H19F3N6O3S/c1-12-25-16(11-17(26-12)27-10-9-22-13(27)2)23-7-8-24-31(28,29)15-5-3-14(4-6-15)30-18(19,20)21/h3-6,9-11,24H,7-8H2,1-2H3,(H,23,25,26). The molecule has 3 aromatic rings. The van der Waals surface area contributed by atoms with E-state index in [1.54, 1.807) is 30.0 Å². The average Bonchev–Trinajstić information content (AvgIpc) is 3.10. The first-order chi connectivity index (χ1) is 14.5. The zero-order valence-electron chi connectivity index (χ0n) is 16.5. The Morgan fingerprint density at radius 3 is 2.42 bits per heavy atom. The van der Waals surface area contributed by atoms with E-state index in [0.29, 0.717) is 17.5 Å². The molecule has 13 heteroatoms. The number of nitrogens with one attached hydrogen (secondary N) is 2. The Labute approximate surface area is 176 Å². The summed E-state index contributed by atoms with van der Waals surface area (Å²) >= 11 is 0. The van der Waals surface area contributed by atoms with Crippen LogP contribution in [-0.2, 0) is 10.0 Å². The van der Waals surface area contributed by atoms with Gasteiger partial charge in [0.1, 0.15) is 29.0 Å². The number of benzene rings is 1. The van der Waals surface area contributed by atoms with E-state index >= 15 is 0 Å². The van der Waals surface area contributed by atoms with Gasteiger partial charge in [-0.25, -0.2) is 28.1 Å². The molecule has 0 unspecified atom stereocenters. The van der Waals surface area contributed by atoms with E-state index in [4.69, 9.17) is 0 Å². The topological polar surface area (TPSA) is 111 Å². The van der Waals surface area contributed by atoms with Crippen molar-refractivity contribution >= 4 is 15.8 Å². The number of aromatic nitrogens is 4. The second-order valence-corrected chi connectivity index (χ2v) is 8.11. The molecule has 0 saturated heterocycles. The third-order valence-electron chi connectivity index (χ3n) is 3.99. The van der Waals surface area contributed by atoms with Gasteiger partial charge >= 0.3 is 6.36 Å². The van der Waals surface area contributed by atoms with Gasteiger partial charge in [0.25, 0.3) is 0 Å². The second kappa shape index (κ2) is 8.89. The van der Waals surface area contributed by atoms with Crippen molar-refractivity contribution in [3.8, 4) is 11.6 Å². The van der Waals surface area contributed by atoms with Gasteiger partial charge in [-0.3, -0.25) is 4.57 Å². The van der Waals surface area contributed by atoms with Crippen molar-refractivity contribution < 1.29 is 26.3 Å². The van der Waals surface area contributed by atoms with Gasteiger partial charge < -0.3 is 10.1 Å². The molecular formula is C18H19F3N6O3S. The first-order valence-electron chi connectivity index (χ1n) is 8.99. The lowest BCUT2D eigenvalue weighted by molar-refractivity contribution is -0.274. The van der Waals surface area contributed by atoms with Crippen LogP contribution in [0.3, 0.4) is 0 Å². The fourth-order valence-corrected chi connectivity index (χ4v) is 3.70. The van der Waals surface area contributed by atoms with E-state index in [2.05, 4.69) is 29.7 Å². The molecular weight excluding hydrogens is 437 g/mol. The zero-order valence-corrected chi connectivity index (χ0v) is 17.3. The van der Waals surface area contributed by atoms with Crippen LogP contribution in [0, 0.1) is 13.8 Å². The number of nitrogens with zero attached hydrogens (tertiary/aromatic N) is 4. The molecule has 9 nitrogen and oxygen atoms in total. The SMILES string of the molecule is Cc1nc(NCCNS(=O)(=O)c2ccc(OC(F)(F)F)cc2)cc(-n2ccnc2C)n1. The summed E-state index contributed by atoms with van der Waals surface area (Å²) in [4.78, 5) is 12.6. The van der Waals surface area contributed by atoms with Crippen molar-refractivity contribution in [1.82, 2.24) is 24.2 Å². The molecule has 0 aliphatic rings. The highest BCUT2D eigenvalue weighted by Gasteiger charge is 2.31. The molecule has 2 aromatic heterocycles. The van der Waals surface area contributed by atoms with Crippen LogP contribution in [0.2, 0.25) is 0 Å². The Morgan fingerprint density at radius 1 is 1.10 bits per heavy atom. The molecule has 0 aliphatic carbocycles. The molecule has 3 rings (SSSR count). The molecule has 2 heterocycles. The zero-order chi connectivity index (χ0) is 22.6. The number of sulfonamides is 1. The van der Waals surface area contributed by atoms with E-state index in [1.165, 1.54) is 0 Å². The Hall–Kier alpha value is -3.19. The number of imidazole rings is 1. The van der Waals surface area contributed by atoms with Gasteiger partial charge in [-0.15, -0.1) is 13.2 Å². The molecule has 1 aromatic carbocycles. The maximum atomic E-state index is 12.3. The molecule has 0 amide bonds. The molecule has 166 valence electrons. The van der Waals surface area contributed by atoms with Crippen molar-refractivity contribution in [1.29, 1.82) is 0 Å². The van der Waals surface area contributed by atoms with Crippen LogP contribution >= 0.6 is 0 Å². The third-order valence-corrected chi connectivity index (χ3v) is 5.46. The van der Waals surface area contributed by atoms with E-state index in [-0.39, 0.29) is 18.0 Å². The Morgan fingerprint density at radius 2 is 1.81 bits per heavy atom. The fraction of sp³-hybridized carbons (Fsp3) is 0.278. The van der Waals surface area contributed by atoms with Crippen LogP contribution in [0.4, 0.5) is 19.0 Å². The average molecular weight is 456 g/mol. The van der Waals surface area contributed by atoms with Gasteiger partial charge in [0.2, 0.25) is 10.0 Å². The molecule has 0 saturated carbocycles. The van der Waals surface area contributed by atoms with Gasteiger partial charge in [0.15, 0.2) is 0 Å². The number of aryl methyl sites for hydroxylation is 2. The maximum absolute atomic E-state index is 12.3. The van der Waals surface area contributed by atoms with E-state index in [1.807, 2.05) is 6.92 Å². The summed E-state index contributed by atoms with van der Waals surface area (Å²) in [6, 6.07) is 5.64. The Bertz CT molecular complexity index is 1150. The largest absolute Gasteiger partial charge is 0.573 e. The predicted octanol–water partition coefficient (Wildman–Crippen LogP) is 2.57. The predicted molar refractivity (Wildman–Crippen MR) is 105 cm³/mol. The highest BCUT2D eigenvalue weighted by atomic mass is 32.2. The van der Waals surface area contributed by atoms with Crippen molar-refractivity contribution in [2.45, 2.75) is 25.1 Å². The maximum Gasteiger partial charge on any atom is 0.573 e. The Balaban J connectivity index is 1.58. The number of rotatable bonds is 8. The Kier molecular flexibility index (Phi) is 6.45. The summed E-state index contributed by atoms with van der Waals surface area (Å²) in [6.45, 7) is 3.80. The molecule has 31 heavy (non-hydrogen) atoms. The number of hydrogen-bond donors (Lipinski definition) is 2. The van der Waals surface area contributed by atoms with Crippen molar-refractivity contribution in [3.05, 3.63) is 54.4 Å². The summed E-state index contributed by atoms with van der Waals surface area (Å²) in [5.41, 5.74) is 0. The van der Waals surface area contributed by atoms with Crippen LogP contribution in [0.25, 0.3) is 5.82 Å². The third kappa shape index (κ3) is 6.15. The lowest BCUT2D eigenvalue weighted by Gasteiger charge is -2.12. The first kappa shape index (κ1) is 22.5. The van der Waals surface area contributed by atoms with Gasteiger partial charge in [-0.1, -0.05) is 0 Å². The molecule has 0 radical (unpaired) electrons. The molecule has 2 N–H and O–H groups in total. The summed E-state index contributed by atoms with van der Waals surface area (Å²) < 4.78 is 69.1. The minimum atomic E-state index is -4.85. The number of halogens is 3. The van der Waals surface area contributed by atoms with E-state index in [0.717, 1.165) is 30.1 Å². The number of anilines is 1. The quantitative estimate of drug-likeness (QED) is 0.501. The van der Waals surface area contributed by atoms with Gasteiger partial charge in [0, 0.05) is 31.5 Å². The van der Waals surface area contributed by atoms with E-state index in [9.17, 15) is 21.6 Å². The van der Waals surface area contributed by atoms with Crippen LogP contribution in [0.5, 0.6) is 5.75 Å². The number of ether oxygens (including phenoxy) is 1. The smallest absolute Gasteiger partial charge is 0.406 e. The second-order valence-electron chi connectivity index (χ2n) is 6.35. The lowest BCUT2D eigenvalue weighted by atomic mass is 10.3. The van der Waals surface area contributed by atoms with E-state index < -0.39 is 22.1 Å². The van der Waals surface area contributed by atoms with Crippen molar-refractivity contribution in [2.75, 3.05) is 18.4 Å². The van der Waals surface area contributed by atoms with Crippen LogP contribution in [-0.4, -0.2) is 47.4 Å². The molecule has 0 spiro atoms. The van der Waals surface area contributed by atoms with Gasteiger partial charge in [-0.05, 0) is 38.1 Å². The monoisotopic (exact) mass is 456 g/mol. The summed E-state index contributed by atoms with van der Waals surface area (Å²) in [7, 11) is -3.90. The number of hydrogen-bond acceptors (Lipinski definition) is 7. The minimum absolute atomic E-state index is 0.0195. The molecule has 0 aliphatic heterocycles. The minimum Gasteiger partial charge on any atom is -0.406 e. The molecule has 0 bridgehead atoms. The van der Waals surface area contributed by atoms with Crippen LogP contribution < -0.4 is 14.8 Å². The first-order valence-corrected chi connectivity index (χ1v) is 10.5. The van der Waals surface area contributed by atoms with Gasteiger partial charge in [-0.2, -0.15) is 0 Å². The highest BCUT2D eigenvalue weighted by molar-refractivity contribution is 7.89. The lowest BCUT2D eigenvalue weighted by Crippen LogP contribution is -2.29. The van der Waals surface area contributed by atoms with Gasteiger partial charge in [0.05, 0.1) is 4.90 Å². The van der Waals surface area contributed by atoms with Crippen molar-refractivity contribution in [3.63, 3.8) is 0 Å². The van der Waals surface area contributed by atoms with Crippen LogP contribution in [0.1, 0.15) is 11.6 Å². The summed E-state index contributed by atoms with van der Waals surface area (Å²) in [5, 5.41) is 3.01.